The normalized spacial score (nSPS) is 11.1. The molecule has 6 heteroatoms. The molecule has 0 atom stereocenters. The molecule has 138 valence electrons. The molecule has 2 aromatic carbocycles. The summed E-state index contributed by atoms with van der Waals surface area (Å²) in [6.07, 6.45) is 3.00. The molecule has 0 aliphatic heterocycles. The van der Waals surface area contributed by atoms with Gasteiger partial charge in [-0.15, -0.1) is 0 Å². The van der Waals surface area contributed by atoms with E-state index in [0.717, 1.165) is 16.9 Å². The van der Waals surface area contributed by atoms with Gasteiger partial charge in [0, 0.05) is 28.8 Å². The number of anilines is 3. The molecule has 0 radical (unpaired) electrons. The third-order valence-corrected chi connectivity index (χ3v) is 4.25. The van der Waals surface area contributed by atoms with Crippen molar-refractivity contribution in [3.8, 4) is 0 Å². The van der Waals surface area contributed by atoms with Gasteiger partial charge in [0.1, 0.15) is 0 Å². The van der Waals surface area contributed by atoms with Gasteiger partial charge in [-0.05, 0) is 41.3 Å². The largest absolute Gasteiger partial charge is 0.324 e. The van der Waals surface area contributed by atoms with Crippen molar-refractivity contribution in [2.45, 2.75) is 26.2 Å². The van der Waals surface area contributed by atoms with E-state index in [0.29, 0.717) is 16.5 Å². The summed E-state index contributed by atoms with van der Waals surface area (Å²) in [6, 6.07) is 15.0. The van der Waals surface area contributed by atoms with Gasteiger partial charge in [-0.1, -0.05) is 50.6 Å². The molecule has 0 aliphatic rings. The van der Waals surface area contributed by atoms with E-state index < -0.39 is 0 Å². The first-order chi connectivity index (χ1) is 12.8. The summed E-state index contributed by atoms with van der Waals surface area (Å²) in [7, 11) is 0. The zero-order chi connectivity index (χ0) is 19.4. The summed E-state index contributed by atoms with van der Waals surface area (Å²) in [5.74, 6) is 0.161. The summed E-state index contributed by atoms with van der Waals surface area (Å²) in [4.78, 5) is 21.0. The van der Waals surface area contributed by atoms with Crippen LogP contribution < -0.4 is 10.6 Å². The van der Waals surface area contributed by atoms with E-state index in [9.17, 15) is 4.79 Å². The molecule has 3 aromatic rings. The number of carbonyl (C=O) groups excluding carboxylic acids is 1. The molecule has 5 nitrogen and oxygen atoms in total. The Labute approximate surface area is 163 Å². The van der Waals surface area contributed by atoms with Crippen molar-refractivity contribution >= 4 is 34.8 Å². The van der Waals surface area contributed by atoms with Gasteiger partial charge in [-0.3, -0.25) is 4.79 Å². The van der Waals surface area contributed by atoms with Crippen LogP contribution in [0.15, 0.2) is 60.9 Å². The monoisotopic (exact) mass is 380 g/mol. The lowest BCUT2D eigenvalue weighted by molar-refractivity contribution is 0.102. The molecule has 1 heterocycles. The van der Waals surface area contributed by atoms with Crippen molar-refractivity contribution in [2.24, 2.45) is 0 Å². The van der Waals surface area contributed by atoms with Crippen LogP contribution in [0.25, 0.3) is 0 Å². The average Bonchev–Trinajstić information content (AvgIpc) is 2.64. The standard InChI is InChI=1S/C21H21ClN4O/c1-21(2,3)17-6-4-5-7-18(17)26-19(27)14-12-23-20(24-13-14)25-16-10-8-15(22)9-11-16/h4-13H,1-3H3,(H,26,27)(H,23,24,25). The van der Waals surface area contributed by atoms with Crippen LogP contribution in [0.4, 0.5) is 17.3 Å². The second-order valence-corrected chi connectivity index (χ2v) is 7.61. The molecule has 0 fully saturated rings. The lowest BCUT2D eigenvalue weighted by atomic mass is 9.86. The highest BCUT2D eigenvalue weighted by molar-refractivity contribution is 6.30. The molecule has 0 saturated heterocycles. The molecule has 0 aliphatic carbocycles. The Morgan fingerprint density at radius 1 is 0.963 bits per heavy atom. The van der Waals surface area contributed by atoms with Gasteiger partial charge in [0.05, 0.1) is 5.56 Å². The summed E-state index contributed by atoms with van der Waals surface area (Å²) in [5, 5.41) is 6.67. The predicted molar refractivity (Wildman–Crippen MR) is 110 cm³/mol. The van der Waals surface area contributed by atoms with E-state index in [4.69, 9.17) is 11.6 Å². The second-order valence-electron chi connectivity index (χ2n) is 7.18. The van der Waals surface area contributed by atoms with Gasteiger partial charge in [0.25, 0.3) is 5.91 Å². The maximum atomic E-state index is 12.6. The van der Waals surface area contributed by atoms with E-state index >= 15 is 0 Å². The number of nitrogens with zero attached hydrogens (tertiary/aromatic N) is 2. The SMILES string of the molecule is CC(C)(C)c1ccccc1NC(=O)c1cnc(Nc2ccc(Cl)cc2)nc1. The third kappa shape index (κ3) is 4.83. The highest BCUT2D eigenvalue weighted by Crippen LogP contribution is 2.29. The van der Waals surface area contributed by atoms with Crippen LogP contribution in [0.1, 0.15) is 36.7 Å². The summed E-state index contributed by atoms with van der Waals surface area (Å²) >= 11 is 5.87. The predicted octanol–water partition coefficient (Wildman–Crippen LogP) is 5.42. The van der Waals surface area contributed by atoms with Gasteiger partial charge in [-0.2, -0.15) is 0 Å². The van der Waals surface area contributed by atoms with Crippen molar-refractivity contribution in [3.05, 3.63) is 77.1 Å². The van der Waals surface area contributed by atoms with E-state index in [2.05, 4.69) is 41.4 Å². The maximum Gasteiger partial charge on any atom is 0.258 e. The smallest absolute Gasteiger partial charge is 0.258 e. The van der Waals surface area contributed by atoms with Crippen LogP contribution in [0, 0.1) is 0 Å². The number of para-hydroxylation sites is 1. The van der Waals surface area contributed by atoms with E-state index in [1.54, 1.807) is 12.1 Å². The van der Waals surface area contributed by atoms with E-state index in [-0.39, 0.29) is 11.3 Å². The fourth-order valence-electron chi connectivity index (χ4n) is 2.61. The number of hydrogen-bond donors (Lipinski definition) is 2. The summed E-state index contributed by atoms with van der Waals surface area (Å²) in [5.41, 5.74) is 2.99. The molecule has 0 unspecified atom stereocenters. The Kier molecular flexibility index (Phi) is 5.42. The maximum absolute atomic E-state index is 12.6. The Hall–Kier alpha value is -2.92. The van der Waals surface area contributed by atoms with Crippen molar-refractivity contribution in [2.75, 3.05) is 10.6 Å². The lowest BCUT2D eigenvalue weighted by Gasteiger charge is -2.22. The fourth-order valence-corrected chi connectivity index (χ4v) is 2.74. The Balaban J connectivity index is 1.72. The van der Waals surface area contributed by atoms with Crippen LogP contribution in [0.5, 0.6) is 0 Å². The van der Waals surface area contributed by atoms with Crippen LogP contribution in [-0.4, -0.2) is 15.9 Å². The number of rotatable bonds is 4. The van der Waals surface area contributed by atoms with Gasteiger partial charge in [0.15, 0.2) is 0 Å². The minimum atomic E-state index is -0.246. The fraction of sp³-hybridized carbons (Fsp3) is 0.190. The Morgan fingerprint density at radius 3 is 2.22 bits per heavy atom. The highest BCUT2D eigenvalue weighted by Gasteiger charge is 2.19. The number of hydrogen-bond acceptors (Lipinski definition) is 4. The van der Waals surface area contributed by atoms with Crippen LogP contribution in [-0.2, 0) is 5.41 Å². The number of amides is 1. The van der Waals surface area contributed by atoms with E-state index in [1.165, 1.54) is 12.4 Å². The molecule has 1 amide bonds. The summed E-state index contributed by atoms with van der Waals surface area (Å²) in [6.45, 7) is 6.33. The second kappa shape index (κ2) is 7.76. The van der Waals surface area contributed by atoms with Crippen LogP contribution >= 0.6 is 11.6 Å². The number of aromatic nitrogens is 2. The molecule has 0 bridgehead atoms. The van der Waals surface area contributed by atoms with Gasteiger partial charge >= 0.3 is 0 Å². The lowest BCUT2D eigenvalue weighted by Crippen LogP contribution is -2.19. The third-order valence-electron chi connectivity index (χ3n) is 4.00. The first kappa shape index (κ1) is 18.9. The minimum Gasteiger partial charge on any atom is -0.324 e. The molecular weight excluding hydrogens is 360 g/mol. The summed E-state index contributed by atoms with van der Waals surface area (Å²) < 4.78 is 0. The average molecular weight is 381 g/mol. The first-order valence-corrected chi connectivity index (χ1v) is 8.96. The van der Waals surface area contributed by atoms with Crippen molar-refractivity contribution in [1.29, 1.82) is 0 Å². The zero-order valence-electron chi connectivity index (χ0n) is 15.5. The van der Waals surface area contributed by atoms with Gasteiger partial charge in [-0.25, -0.2) is 9.97 Å². The quantitative estimate of drug-likeness (QED) is 0.633. The molecule has 0 saturated carbocycles. The van der Waals surface area contributed by atoms with Crippen molar-refractivity contribution in [1.82, 2.24) is 9.97 Å². The number of carbonyl (C=O) groups is 1. The number of halogens is 1. The minimum absolute atomic E-state index is 0.0767. The molecule has 3 rings (SSSR count). The molecule has 27 heavy (non-hydrogen) atoms. The van der Waals surface area contributed by atoms with Crippen LogP contribution in [0.2, 0.25) is 5.02 Å². The van der Waals surface area contributed by atoms with Crippen molar-refractivity contribution < 1.29 is 4.79 Å². The topological polar surface area (TPSA) is 66.9 Å². The molecule has 2 N–H and O–H groups in total. The molecule has 0 spiro atoms. The Morgan fingerprint density at radius 2 is 1.59 bits per heavy atom. The van der Waals surface area contributed by atoms with Crippen molar-refractivity contribution in [3.63, 3.8) is 0 Å². The highest BCUT2D eigenvalue weighted by atomic mass is 35.5. The molecular formula is C21H21ClN4O. The number of benzene rings is 2. The molecule has 1 aromatic heterocycles. The van der Waals surface area contributed by atoms with E-state index in [1.807, 2.05) is 36.4 Å². The zero-order valence-corrected chi connectivity index (χ0v) is 16.2. The van der Waals surface area contributed by atoms with Gasteiger partial charge < -0.3 is 10.6 Å². The Bertz CT molecular complexity index is 932. The van der Waals surface area contributed by atoms with Crippen LogP contribution in [0.3, 0.4) is 0 Å². The number of nitrogens with one attached hydrogen (secondary N) is 2. The van der Waals surface area contributed by atoms with Gasteiger partial charge in [0.2, 0.25) is 5.95 Å². The first-order valence-electron chi connectivity index (χ1n) is 8.58.